The predicted octanol–water partition coefficient (Wildman–Crippen LogP) is 3.15. The van der Waals surface area contributed by atoms with Crippen molar-refractivity contribution in [1.82, 2.24) is 10.2 Å². The van der Waals surface area contributed by atoms with E-state index in [0.717, 1.165) is 0 Å². The number of rotatable bonds is 7. The van der Waals surface area contributed by atoms with E-state index in [0.29, 0.717) is 0 Å². The summed E-state index contributed by atoms with van der Waals surface area (Å²) < 4.78 is 9.92. The van der Waals surface area contributed by atoms with Crippen molar-refractivity contribution in [3.05, 3.63) is 27.2 Å². The number of imide groups is 1. The molecule has 25 heavy (non-hydrogen) atoms. The number of carbonyl (C=O) groups is 3. The van der Waals surface area contributed by atoms with Crippen LogP contribution in [0.25, 0.3) is 0 Å². The Balaban J connectivity index is 2.60. The minimum atomic E-state index is -0.866. The number of halogens is 3. The second kappa shape index (κ2) is 10.3. The van der Waals surface area contributed by atoms with E-state index >= 15 is 0 Å². The van der Waals surface area contributed by atoms with Crippen molar-refractivity contribution < 1.29 is 23.9 Å². The number of alkyl carbamates (subject to hydrolysis) is 1. The van der Waals surface area contributed by atoms with E-state index in [1.54, 1.807) is 13.8 Å². The van der Waals surface area contributed by atoms with Gasteiger partial charge in [-0.25, -0.2) is 4.79 Å². The van der Waals surface area contributed by atoms with Crippen LogP contribution in [0.5, 0.6) is 5.75 Å². The largest absolute Gasteiger partial charge is 0.482 e. The molecule has 1 N–H and O–H groups in total. The fourth-order valence-corrected chi connectivity index (χ4v) is 2.31. The van der Waals surface area contributed by atoms with Crippen LogP contribution in [-0.2, 0) is 14.3 Å². The lowest BCUT2D eigenvalue weighted by Gasteiger charge is -2.20. The normalized spacial score (nSPS) is 10.1. The molecule has 0 heterocycles. The molecule has 0 aliphatic rings. The van der Waals surface area contributed by atoms with Crippen molar-refractivity contribution >= 4 is 52.7 Å². The molecule has 0 radical (unpaired) electrons. The summed E-state index contributed by atoms with van der Waals surface area (Å²) in [6.07, 6.45) is -0.866. The molecule has 138 valence electrons. The lowest BCUT2D eigenvalue weighted by Crippen LogP contribution is -2.44. The van der Waals surface area contributed by atoms with Crippen molar-refractivity contribution in [2.75, 3.05) is 26.3 Å². The van der Waals surface area contributed by atoms with Gasteiger partial charge in [-0.05, 0) is 19.9 Å². The molecule has 1 aromatic rings. The van der Waals surface area contributed by atoms with Gasteiger partial charge in [-0.15, -0.1) is 0 Å². The van der Waals surface area contributed by atoms with Crippen molar-refractivity contribution in [1.29, 1.82) is 0 Å². The summed E-state index contributed by atoms with van der Waals surface area (Å²) in [5.41, 5.74) is 0. The zero-order valence-electron chi connectivity index (χ0n) is 13.6. The highest BCUT2D eigenvalue weighted by atomic mass is 35.5. The fourth-order valence-electron chi connectivity index (χ4n) is 1.72. The highest BCUT2D eigenvalue weighted by Gasteiger charge is 2.18. The summed E-state index contributed by atoms with van der Waals surface area (Å²) >= 11 is 17.6. The van der Waals surface area contributed by atoms with E-state index in [1.165, 1.54) is 17.0 Å². The van der Waals surface area contributed by atoms with Crippen LogP contribution in [0.4, 0.5) is 4.79 Å². The van der Waals surface area contributed by atoms with Crippen LogP contribution in [0, 0.1) is 0 Å². The Morgan fingerprint density at radius 3 is 2.32 bits per heavy atom. The highest BCUT2D eigenvalue weighted by Crippen LogP contribution is 2.33. The monoisotopic (exact) mass is 410 g/mol. The van der Waals surface area contributed by atoms with Gasteiger partial charge in [0.05, 0.1) is 21.7 Å². The molecule has 3 amide bonds. The topological polar surface area (TPSA) is 84.9 Å². The first-order valence-electron chi connectivity index (χ1n) is 7.30. The van der Waals surface area contributed by atoms with Gasteiger partial charge in [-0.3, -0.25) is 14.9 Å². The van der Waals surface area contributed by atoms with E-state index in [-0.39, 0.29) is 47.1 Å². The highest BCUT2D eigenvalue weighted by molar-refractivity contribution is 6.43. The number of benzene rings is 1. The van der Waals surface area contributed by atoms with Crippen molar-refractivity contribution in [2.24, 2.45) is 0 Å². The minimum absolute atomic E-state index is 0.133. The molecule has 0 aliphatic heterocycles. The van der Waals surface area contributed by atoms with Gasteiger partial charge in [0.1, 0.15) is 12.3 Å². The van der Waals surface area contributed by atoms with E-state index in [4.69, 9.17) is 39.5 Å². The zero-order chi connectivity index (χ0) is 19.0. The first kappa shape index (κ1) is 21.3. The summed E-state index contributed by atoms with van der Waals surface area (Å²) in [6, 6.07) is 2.79. The smallest absolute Gasteiger partial charge is 0.413 e. The quantitative estimate of drug-likeness (QED) is 0.697. The maximum atomic E-state index is 12.2. The number of ether oxygens (including phenoxy) is 2. The predicted molar refractivity (Wildman–Crippen MR) is 94.4 cm³/mol. The molecule has 1 rings (SSSR count). The number of likely N-dealkylation sites (N-methyl/N-ethyl adjacent to an activating group) is 1. The number of carbonyl (C=O) groups excluding carboxylic acids is 3. The van der Waals surface area contributed by atoms with Crippen LogP contribution in [0.2, 0.25) is 15.1 Å². The summed E-state index contributed by atoms with van der Waals surface area (Å²) in [4.78, 5) is 36.3. The molecule has 0 bridgehead atoms. The average molecular weight is 412 g/mol. The van der Waals surface area contributed by atoms with Gasteiger partial charge in [0, 0.05) is 12.6 Å². The van der Waals surface area contributed by atoms with Crippen LogP contribution >= 0.6 is 34.8 Å². The third kappa shape index (κ3) is 6.97. The minimum Gasteiger partial charge on any atom is -0.482 e. The lowest BCUT2D eigenvalue weighted by molar-refractivity contribution is -0.137. The number of hydrogen-bond acceptors (Lipinski definition) is 5. The molecule has 0 unspecified atom stereocenters. The molecule has 0 fully saturated rings. The number of nitrogens with one attached hydrogen (secondary N) is 1. The SMILES string of the molecule is CCOC(=O)NC(=O)CN(CC)C(=O)COc1cc(Cl)c(Cl)cc1Cl. The Morgan fingerprint density at radius 2 is 1.72 bits per heavy atom. The van der Waals surface area contributed by atoms with Gasteiger partial charge in [-0.2, -0.15) is 0 Å². The number of hydrogen-bond donors (Lipinski definition) is 1. The van der Waals surface area contributed by atoms with Crippen molar-refractivity contribution in [3.63, 3.8) is 0 Å². The first-order chi connectivity index (χ1) is 11.8. The van der Waals surface area contributed by atoms with Crippen LogP contribution in [0.15, 0.2) is 12.1 Å². The standard InChI is InChI=1S/C15H17Cl3N2O5/c1-3-20(7-13(21)19-15(23)24-4-2)14(22)8-25-12-6-10(17)9(16)5-11(12)18/h5-6H,3-4,7-8H2,1-2H3,(H,19,21,23). The molecule has 0 aliphatic carbocycles. The third-order valence-electron chi connectivity index (χ3n) is 2.91. The van der Waals surface area contributed by atoms with Gasteiger partial charge in [0.2, 0.25) is 5.91 Å². The van der Waals surface area contributed by atoms with Crippen LogP contribution in [-0.4, -0.2) is 49.1 Å². The first-order valence-corrected chi connectivity index (χ1v) is 8.43. The summed E-state index contributed by atoms with van der Waals surface area (Å²) in [5.74, 6) is -0.943. The third-order valence-corrected chi connectivity index (χ3v) is 3.93. The molecule has 0 atom stereocenters. The van der Waals surface area contributed by atoms with E-state index in [2.05, 4.69) is 4.74 Å². The lowest BCUT2D eigenvalue weighted by atomic mass is 10.3. The molecule has 1 aromatic carbocycles. The molecular weight excluding hydrogens is 395 g/mol. The summed E-state index contributed by atoms with van der Waals surface area (Å²) in [5, 5.41) is 2.70. The number of amides is 3. The average Bonchev–Trinajstić information content (AvgIpc) is 2.54. The van der Waals surface area contributed by atoms with Crippen molar-refractivity contribution in [2.45, 2.75) is 13.8 Å². The zero-order valence-corrected chi connectivity index (χ0v) is 15.9. The maximum Gasteiger partial charge on any atom is 0.413 e. The van der Waals surface area contributed by atoms with Gasteiger partial charge < -0.3 is 14.4 Å². The summed E-state index contributed by atoms with van der Waals surface area (Å²) in [6.45, 7) is 2.99. The number of nitrogens with zero attached hydrogens (tertiary/aromatic N) is 1. The Kier molecular flexibility index (Phi) is 8.82. The van der Waals surface area contributed by atoms with E-state index in [9.17, 15) is 14.4 Å². The fraction of sp³-hybridized carbons (Fsp3) is 0.400. The van der Waals surface area contributed by atoms with Gasteiger partial charge in [0.15, 0.2) is 6.61 Å². The molecule has 0 spiro atoms. The van der Waals surface area contributed by atoms with Crippen LogP contribution < -0.4 is 10.1 Å². The Bertz CT molecular complexity index is 654. The van der Waals surface area contributed by atoms with Crippen molar-refractivity contribution in [3.8, 4) is 5.75 Å². The maximum absolute atomic E-state index is 12.2. The van der Waals surface area contributed by atoms with Gasteiger partial charge in [-0.1, -0.05) is 34.8 Å². The van der Waals surface area contributed by atoms with E-state index in [1.807, 2.05) is 5.32 Å². The molecule has 0 aromatic heterocycles. The second-order valence-corrected chi connectivity index (χ2v) is 5.88. The van der Waals surface area contributed by atoms with Crippen LogP contribution in [0.1, 0.15) is 13.8 Å². The molecule has 10 heteroatoms. The van der Waals surface area contributed by atoms with Gasteiger partial charge in [0.25, 0.3) is 5.91 Å². The molecule has 0 saturated heterocycles. The Labute approximate surface area is 160 Å². The van der Waals surface area contributed by atoms with Crippen LogP contribution in [0.3, 0.4) is 0 Å². The molecule has 7 nitrogen and oxygen atoms in total. The Hall–Kier alpha value is -1.70. The molecular formula is C15H17Cl3N2O5. The second-order valence-electron chi connectivity index (χ2n) is 4.66. The van der Waals surface area contributed by atoms with Gasteiger partial charge >= 0.3 is 6.09 Å². The van der Waals surface area contributed by atoms with E-state index < -0.39 is 17.9 Å². The Morgan fingerprint density at radius 1 is 1.08 bits per heavy atom. The molecule has 0 saturated carbocycles. The summed E-state index contributed by atoms with van der Waals surface area (Å²) in [7, 11) is 0.